The smallest absolute Gasteiger partial charge is 0.126 e. The normalized spacial score (nSPS) is 14.0. The highest BCUT2D eigenvalue weighted by atomic mass is 15.2. The lowest BCUT2D eigenvalue weighted by Gasteiger charge is -2.35. The summed E-state index contributed by atoms with van der Waals surface area (Å²) in [6, 6.07) is 16.6. The number of nitrogens with one attached hydrogen (secondary N) is 1. The third-order valence-electron chi connectivity index (χ3n) is 6.71. The number of anilines is 1. The second kappa shape index (κ2) is 11.9. The van der Waals surface area contributed by atoms with E-state index in [0.717, 1.165) is 78.1 Å². The Morgan fingerprint density at radius 3 is 2.54 bits per heavy atom. The molecule has 2 aromatic heterocycles. The van der Waals surface area contributed by atoms with Gasteiger partial charge in [0.2, 0.25) is 0 Å². The summed E-state index contributed by atoms with van der Waals surface area (Å²) in [6.07, 6.45) is 14.3. The lowest BCUT2D eigenvalue weighted by molar-refractivity contribution is 0.309. The van der Waals surface area contributed by atoms with E-state index in [2.05, 4.69) is 51.7 Å². The minimum Gasteiger partial charge on any atom is -0.403 e. The maximum Gasteiger partial charge on any atom is 0.126 e. The first kappa shape index (κ1) is 25.5. The van der Waals surface area contributed by atoms with Crippen LogP contribution in [0.2, 0.25) is 0 Å². The lowest BCUT2D eigenvalue weighted by atomic mass is 9.98. The molecule has 4 rings (SSSR count). The molecule has 186 valence electrons. The van der Waals surface area contributed by atoms with Crippen molar-refractivity contribution in [1.29, 1.82) is 5.26 Å². The Labute approximate surface area is 219 Å². The summed E-state index contributed by atoms with van der Waals surface area (Å²) < 4.78 is 0. The number of hydrogen-bond donors (Lipinski definition) is 2. The fourth-order valence-electron chi connectivity index (χ4n) is 4.62. The zero-order valence-corrected chi connectivity index (χ0v) is 21.2. The van der Waals surface area contributed by atoms with Crippen molar-refractivity contribution in [2.45, 2.75) is 38.6 Å². The van der Waals surface area contributed by atoms with Gasteiger partial charge in [0, 0.05) is 60.1 Å². The van der Waals surface area contributed by atoms with Crippen molar-refractivity contribution in [3.05, 3.63) is 90.0 Å². The van der Waals surface area contributed by atoms with Crippen molar-refractivity contribution in [3.63, 3.8) is 0 Å². The highest BCUT2D eigenvalue weighted by molar-refractivity contribution is 5.85. The highest BCUT2D eigenvalue weighted by Gasteiger charge is 2.21. The minimum absolute atomic E-state index is 0.335. The van der Waals surface area contributed by atoms with Crippen molar-refractivity contribution >= 4 is 17.1 Å². The van der Waals surface area contributed by atoms with Gasteiger partial charge < -0.3 is 16.0 Å². The summed E-state index contributed by atoms with van der Waals surface area (Å²) in [5, 5.41) is 13.1. The van der Waals surface area contributed by atoms with Gasteiger partial charge in [-0.15, -0.1) is 6.42 Å². The molecular formula is C31H32N6. The first-order chi connectivity index (χ1) is 18.1. The number of piperidine rings is 1. The quantitative estimate of drug-likeness (QED) is 0.324. The number of aromatic nitrogens is 2. The monoisotopic (exact) mass is 488 g/mol. The van der Waals surface area contributed by atoms with E-state index in [1.165, 1.54) is 6.20 Å². The number of terminal acetylenes is 1. The summed E-state index contributed by atoms with van der Waals surface area (Å²) in [4.78, 5) is 11.6. The molecule has 3 heterocycles. The van der Waals surface area contributed by atoms with Crippen LogP contribution in [0.4, 0.5) is 5.82 Å². The number of hydrogen-bond acceptors (Lipinski definition) is 6. The Morgan fingerprint density at radius 1 is 1.19 bits per heavy atom. The van der Waals surface area contributed by atoms with E-state index in [0.29, 0.717) is 17.3 Å². The molecule has 0 spiro atoms. The molecule has 1 aromatic carbocycles. The molecular weight excluding hydrogens is 456 g/mol. The highest BCUT2D eigenvalue weighted by Crippen LogP contribution is 2.29. The largest absolute Gasteiger partial charge is 0.403 e. The molecule has 0 saturated carbocycles. The average Bonchev–Trinajstić information content (AvgIpc) is 2.95. The molecule has 0 unspecified atom stereocenters. The number of allylic oxidation sites excluding steroid dienone is 1. The van der Waals surface area contributed by atoms with Gasteiger partial charge in [-0.2, -0.15) is 5.26 Å². The summed E-state index contributed by atoms with van der Waals surface area (Å²) in [5.74, 6) is 3.49. The second-order valence-corrected chi connectivity index (χ2v) is 9.19. The van der Waals surface area contributed by atoms with Crippen LogP contribution in [0.5, 0.6) is 0 Å². The van der Waals surface area contributed by atoms with Gasteiger partial charge in [-0.1, -0.05) is 38.0 Å². The van der Waals surface area contributed by atoms with E-state index in [1.54, 1.807) is 0 Å². The maximum absolute atomic E-state index is 9.51. The Kier molecular flexibility index (Phi) is 8.23. The van der Waals surface area contributed by atoms with E-state index in [4.69, 9.17) is 12.2 Å². The molecule has 0 radical (unpaired) electrons. The Hall–Kier alpha value is -4.55. The van der Waals surface area contributed by atoms with Crippen LogP contribution in [0.3, 0.4) is 0 Å². The van der Waals surface area contributed by atoms with Crippen molar-refractivity contribution in [1.82, 2.24) is 14.9 Å². The molecule has 0 atom stereocenters. The zero-order valence-electron chi connectivity index (χ0n) is 21.2. The predicted molar refractivity (Wildman–Crippen MR) is 151 cm³/mol. The van der Waals surface area contributed by atoms with Gasteiger partial charge >= 0.3 is 0 Å². The van der Waals surface area contributed by atoms with Crippen LogP contribution < -0.4 is 11.1 Å². The molecule has 6 nitrogen and oxygen atoms in total. The molecule has 1 saturated heterocycles. The average molecular weight is 489 g/mol. The predicted octanol–water partition coefficient (Wildman–Crippen LogP) is 5.45. The summed E-state index contributed by atoms with van der Waals surface area (Å²) >= 11 is 0. The number of rotatable bonds is 8. The third-order valence-corrected chi connectivity index (χ3v) is 6.71. The van der Waals surface area contributed by atoms with Crippen molar-refractivity contribution in [2.24, 2.45) is 5.73 Å². The topological polar surface area (TPSA) is 90.9 Å². The number of likely N-dealkylation sites (tertiary alicyclic amines) is 1. The molecule has 3 aromatic rings. The molecule has 0 amide bonds. The molecule has 0 bridgehead atoms. The number of pyridine rings is 2. The second-order valence-electron chi connectivity index (χ2n) is 9.19. The van der Waals surface area contributed by atoms with Gasteiger partial charge in [-0.3, -0.25) is 4.98 Å². The van der Waals surface area contributed by atoms with E-state index >= 15 is 0 Å². The van der Waals surface area contributed by atoms with Crippen LogP contribution in [0, 0.1) is 23.7 Å². The van der Waals surface area contributed by atoms with Gasteiger partial charge in [-0.05, 0) is 60.7 Å². The number of nitriles is 1. The number of nitrogens with two attached hydrogens (primary N) is 1. The summed E-state index contributed by atoms with van der Waals surface area (Å²) in [6.45, 7) is 8.29. The van der Waals surface area contributed by atoms with Crippen molar-refractivity contribution in [3.8, 4) is 29.5 Å². The van der Waals surface area contributed by atoms with Gasteiger partial charge in [0.1, 0.15) is 11.9 Å². The van der Waals surface area contributed by atoms with Crippen LogP contribution in [-0.4, -0.2) is 34.0 Å². The van der Waals surface area contributed by atoms with E-state index in [9.17, 15) is 5.26 Å². The number of nitrogens with zero attached hydrogens (tertiary/aromatic N) is 4. The van der Waals surface area contributed by atoms with Gasteiger partial charge in [-0.25, -0.2) is 4.98 Å². The van der Waals surface area contributed by atoms with Crippen LogP contribution in [-0.2, 0) is 6.42 Å². The molecule has 6 heteroatoms. The van der Waals surface area contributed by atoms with Crippen LogP contribution in [0.1, 0.15) is 48.6 Å². The Morgan fingerprint density at radius 2 is 1.95 bits per heavy atom. The zero-order chi connectivity index (χ0) is 26.2. The molecule has 3 N–H and O–H groups in total. The van der Waals surface area contributed by atoms with Gasteiger partial charge in [0.25, 0.3) is 0 Å². The molecule has 1 fully saturated rings. The fourth-order valence-corrected chi connectivity index (χ4v) is 4.62. The Bertz CT molecular complexity index is 1350. The number of benzene rings is 1. The molecule has 1 aliphatic heterocycles. The molecule has 37 heavy (non-hydrogen) atoms. The lowest BCUT2D eigenvalue weighted by Crippen LogP contribution is -2.38. The summed E-state index contributed by atoms with van der Waals surface area (Å²) in [7, 11) is 0. The first-order valence-electron chi connectivity index (χ1n) is 12.6. The van der Waals surface area contributed by atoms with Crippen LogP contribution in [0.25, 0.3) is 22.4 Å². The minimum atomic E-state index is 0.335. The van der Waals surface area contributed by atoms with Gasteiger partial charge in [0.05, 0.1) is 11.3 Å². The fraction of sp³-hybridized carbons (Fsp3) is 0.258. The van der Waals surface area contributed by atoms with Crippen molar-refractivity contribution in [2.75, 3.05) is 18.4 Å². The molecule has 1 aliphatic rings. The maximum atomic E-state index is 9.51. The number of aryl methyl sites for hydroxylation is 1. The van der Waals surface area contributed by atoms with Crippen LogP contribution >= 0.6 is 0 Å². The van der Waals surface area contributed by atoms with Gasteiger partial charge in [0.15, 0.2) is 0 Å². The van der Waals surface area contributed by atoms with Crippen molar-refractivity contribution < 1.29 is 0 Å². The van der Waals surface area contributed by atoms with E-state index in [1.807, 2.05) is 48.8 Å². The Balaban J connectivity index is 1.41. The summed E-state index contributed by atoms with van der Waals surface area (Å²) in [5.41, 5.74) is 12.5. The SMILES string of the molecule is C#Cc1ccc(C(=C)N2CCC(Nc3ccc(-c4cc(CCC)cnc4C(C#N)=CN)cn3)CC2)cc1. The first-order valence-corrected chi connectivity index (χ1v) is 12.6. The standard InChI is InChI=1S/C31H32N6/c1-4-6-24-17-29(31(35-20-24)27(18-32)19-33)26-11-12-30(34-21-26)36-28-13-15-37(16-14-28)22(3)25-9-7-23(5-2)8-10-25/h2,7-12,17-18,20-21,28H,3-4,6,13-16,32H2,1H3,(H,34,36). The van der Waals surface area contributed by atoms with E-state index < -0.39 is 0 Å². The van der Waals surface area contributed by atoms with E-state index in [-0.39, 0.29) is 0 Å². The molecule has 0 aliphatic carbocycles. The van der Waals surface area contributed by atoms with Crippen LogP contribution in [0.15, 0.2) is 67.6 Å². The third kappa shape index (κ3) is 6.00.